The van der Waals surface area contributed by atoms with Crippen LogP contribution < -0.4 is 15.0 Å². The molecule has 0 spiro atoms. The average Bonchev–Trinajstić information content (AvgIpc) is 3.25. The van der Waals surface area contributed by atoms with Gasteiger partial charge in [-0.2, -0.15) is 0 Å². The maximum absolute atomic E-state index is 12.5. The minimum absolute atomic E-state index is 0.0595. The van der Waals surface area contributed by atoms with Crippen LogP contribution in [0.25, 0.3) is 0 Å². The van der Waals surface area contributed by atoms with Crippen LogP contribution in [0.5, 0.6) is 5.75 Å². The van der Waals surface area contributed by atoms with Gasteiger partial charge in [0.25, 0.3) is 0 Å². The topological polar surface area (TPSA) is 121 Å². The fourth-order valence-electron chi connectivity index (χ4n) is 4.33. The van der Waals surface area contributed by atoms with E-state index in [-0.39, 0.29) is 23.8 Å². The van der Waals surface area contributed by atoms with Crippen LogP contribution in [-0.2, 0) is 14.3 Å². The lowest BCUT2D eigenvalue weighted by Gasteiger charge is -2.31. The van der Waals surface area contributed by atoms with Crippen molar-refractivity contribution in [1.29, 1.82) is 5.41 Å². The molecule has 0 bridgehead atoms. The zero-order valence-corrected chi connectivity index (χ0v) is 20.1. The van der Waals surface area contributed by atoms with Crippen LogP contribution in [0, 0.1) is 11.3 Å². The lowest BCUT2D eigenvalue weighted by Crippen LogP contribution is -2.41. The largest absolute Gasteiger partial charge is 0.466 e. The van der Waals surface area contributed by atoms with Crippen LogP contribution in [-0.4, -0.2) is 67.8 Å². The predicted molar refractivity (Wildman–Crippen MR) is 132 cm³/mol. The van der Waals surface area contributed by atoms with Crippen molar-refractivity contribution >= 4 is 29.7 Å². The number of rotatable bonds is 7. The number of likely N-dealkylation sites (tertiary alicyclic amines) is 1. The Balaban J connectivity index is 1.26. The summed E-state index contributed by atoms with van der Waals surface area (Å²) in [4.78, 5) is 40.2. The number of nitrogens with zero attached hydrogens (tertiary/aromatic N) is 2. The molecule has 2 N–H and O–H groups in total. The minimum atomic E-state index is -0.757. The highest BCUT2D eigenvalue weighted by Crippen LogP contribution is 2.24. The number of ether oxygens (including phenoxy) is 3. The van der Waals surface area contributed by atoms with Crippen LogP contribution in [0.3, 0.4) is 0 Å². The second-order valence-corrected chi connectivity index (χ2v) is 8.69. The van der Waals surface area contributed by atoms with E-state index in [1.165, 1.54) is 0 Å². The maximum Gasteiger partial charge on any atom is 0.418 e. The molecule has 0 aromatic heterocycles. The number of para-hydroxylation sites is 1. The number of anilines is 1. The zero-order chi connectivity index (χ0) is 25.5. The molecule has 0 saturated carbocycles. The van der Waals surface area contributed by atoms with Gasteiger partial charge < -0.3 is 14.2 Å². The second kappa shape index (κ2) is 11.7. The number of piperidine rings is 1. The van der Waals surface area contributed by atoms with E-state index in [0.717, 1.165) is 25.9 Å². The summed E-state index contributed by atoms with van der Waals surface area (Å²) in [6.45, 7) is 4.74. The molecule has 2 saturated heterocycles. The van der Waals surface area contributed by atoms with E-state index in [2.05, 4.69) is 10.2 Å². The third-order valence-electron chi connectivity index (χ3n) is 6.19. The van der Waals surface area contributed by atoms with Gasteiger partial charge in [-0.15, -0.1) is 0 Å². The van der Waals surface area contributed by atoms with Crippen LogP contribution in [0.15, 0.2) is 54.6 Å². The summed E-state index contributed by atoms with van der Waals surface area (Å²) in [6, 6.07) is 15.3. The molecule has 2 heterocycles. The number of hydrogen-bond donors (Lipinski definition) is 2. The normalized spacial score (nSPS) is 18.4. The lowest BCUT2D eigenvalue weighted by atomic mass is 9.97. The van der Waals surface area contributed by atoms with E-state index in [9.17, 15) is 14.4 Å². The smallest absolute Gasteiger partial charge is 0.418 e. The molecule has 10 nitrogen and oxygen atoms in total. The number of esters is 1. The Morgan fingerprint density at radius 3 is 2.44 bits per heavy atom. The summed E-state index contributed by atoms with van der Waals surface area (Å²) in [5.41, 5.74) is 1.12. The molecule has 1 unspecified atom stereocenters. The van der Waals surface area contributed by atoms with Gasteiger partial charge in [-0.3, -0.25) is 25.3 Å². The van der Waals surface area contributed by atoms with E-state index >= 15 is 0 Å². The summed E-state index contributed by atoms with van der Waals surface area (Å²) < 4.78 is 15.8. The molecular formula is C26H30N4O6. The highest BCUT2D eigenvalue weighted by Gasteiger charge is 2.35. The highest BCUT2D eigenvalue weighted by molar-refractivity contribution is 6.05. The molecule has 2 amide bonds. The molecule has 2 aromatic rings. The number of hydrogen-bond acceptors (Lipinski definition) is 8. The number of benzene rings is 2. The van der Waals surface area contributed by atoms with E-state index in [1.807, 2.05) is 13.0 Å². The predicted octanol–water partition coefficient (Wildman–Crippen LogP) is 3.40. The molecule has 2 aromatic carbocycles. The van der Waals surface area contributed by atoms with E-state index in [4.69, 9.17) is 19.6 Å². The van der Waals surface area contributed by atoms with E-state index in [0.29, 0.717) is 36.7 Å². The van der Waals surface area contributed by atoms with Gasteiger partial charge in [0.15, 0.2) is 0 Å². The first-order valence-corrected chi connectivity index (χ1v) is 12.0. The first-order chi connectivity index (χ1) is 17.4. The number of cyclic esters (lactones) is 1. The Hall–Kier alpha value is -3.92. The average molecular weight is 495 g/mol. The molecule has 0 radical (unpaired) electrons. The monoisotopic (exact) mass is 494 g/mol. The summed E-state index contributed by atoms with van der Waals surface area (Å²) in [7, 11) is 0. The van der Waals surface area contributed by atoms with Crippen molar-refractivity contribution in [2.75, 3.05) is 37.7 Å². The van der Waals surface area contributed by atoms with Gasteiger partial charge in [-0.05, 0) is 69.3 Å². The second-order valence-electron chi connectivity index (χ2n) is 8.69. The Morgan fingerprint density at radius 2 is 1.78 bits per heavy atom. The van der Waals surface area contributed by atoms with Crippen molar-refractivity contribution in [2.45, 2.75) is 25.9 Å². The lowest BCUT2D eigenvalue weighted by molar-refractivity contribution is -0.149. The van der Waals surface area contributed by atoms with Crippen molar-refractivity contribution in [3.63, 3.8) is 0 Å². The van der Waals surface area contributed by atoms with Crippen molar-refractivity contribution in [3.05, 3.63) is 60.2 Å². The van der Waals surface area contributed by atoms with Crippen molar-refractivity contribution in [2.24, 2.45) is 5.92 Å². The molecule has 2 aliphatic rings. The highest BCUT2D eigenvalue weighted by atomic mass is 16.6. The Bertz CT molecular complexity index is 1080. The van der Waals surface area contributed by atoms with Crippen LogP contribution in [0.4, 0.5) is 15.3 Å². The molecular weight excluding hydrogens is 464 g/mol. The van der Waals surface area contributed by atoms with Gasteiger partial charge in [-0.1, -0.05) is 18.2 Å². The zero-order valence-electron chi connectivity index (χ0n) is 20.1. The van der Waals surface area contributed by atoms with Gasteiger partial charge in [0.05, 0.1) is 19.1 Å². The molecule has 36 heavy (non-hydrogen) atoms. The summed E-state index contributed by atoms with van der Waals surface area (Å²) >= 11 is 0. The minimum Gasteiger partial charge on any atom is -0.466 e. The van der Waals surface area contributed by atoms with Crippen LogP contribution in [0.1, 0.15) is 25.3 Å². The molecule has 0 aliphatic carbocycles. The van der Waals surface area contributed by atoms with Crippen molar-refractivity contribution in [1.82, 2.24) is 10.2 Å². The molecule has 190 valence electrons. The number of amidine groups is 1. The van der Waals surface area contributed by atoms with Gasteiger partial charge >= 0.3 is 18.2 Å². The SMILES string of the molecule is CCOC(=O)C1CCN(CC2CN(c3ccc(C(=N)NC(=O)Oc4ccccc4)cc3)C(=O)O2)CC1. The summed E-state index contributed by atoms with van der Waals surface area (Å²) in [5.74, 6) is 0.0744. The number of carbonyl (C=O) groups is 3. The fourth-order valence-corrected chi connectivity index (χ4v) is 4.33. The first-order valence-electron chi connectivity index (χ1n) is 12.0. The third kappa shape index (κ3) is 6.39. The Kier molecular flexibility index (Phi) is 8.17. The Morgan fingerprint density at radius 1 is 1.08 bits per heavy atom. The number of carbonyl (C=O) groups excluding carboxylic acids is 3. The molecule has 1 atom stereocenters. The fraction of sp³-hybridized carbons (Fsp3) is 0.385. The van der Waals surface area contributed by atoms with E-state index in [1.54, 1.807) is 53.4 Å². The summed E-state index contributed by atoms with van der Waals surface area (Å²) in [5, 5.41) is 10.5. The molecule has 2 aliphatic heterocycles. The van der Waals surface area contributed by atoms with Gasteiger partial charge in [0, 0.05) is 17.8 Å². The number of amides is 2. The van der Waals surface area contributed by atoms with Crippen molar-refractivity contribution in [3.8, 4) is 5.75 Å². The molecule has 4 rings (SSSR count). The quantitative estimate of drug-likeness (QED) is 0.344. The molecule has 10 heteroatoms. The third-order valence-corrected chi connectivity index (χ3v) is 6.19. The Labute approximate surface area is 209 Å². The maximum atomic E-state index is 12.5. The first kappa shape index (κ1) is 25.2. The van der Waals surface area contributed by atoms with Crippen molar-refractivity contribution < 1.29 is 28.6 Å². The van der Waals surface area contributed by atoms with Gasteiger partial charge in [0.1, 0.15) is 17.7 Å². The van der Waals surface area contributed by atoms with Gasteiger partial charge in [-0.25, -0.2) is 9.59 Å². The van der Waals surface area contributed by atoms with Crippen LogP contribution >= 0.6 is 0 Å². The van der Waals surface area contributed by atoms with Gasteiger partial charge in [0.2, 0.25) is 0 Å². The standard InChI is InChI=1S/C26H30N4O6/c1-2-34-24(31)19-12-14-29(15-13-19)16-22-17-30(26(33)36-22)20-10-8-18(9-11-20)23(27)28-25(32)35-21-6-4-3-5-7-21/h3-11,19,22H,2,12-17H2,1H3,(H2,27,28,32). The van der Waals surface area contributed by atoms with E-state index < -0.39 is 12.2 Å². The number of nitrogens with one attached hydrogen (secondary N) is 2. The summed E-state index contributed by atoms with van der Waals surface area (Å²) in [6.07, 6.45) is 0.0259. The van der Waals surface area contributed by atoms with Crippen LogP contribution in [0.2, 0.25) is 0 Å². The molecule has 2 fully saturated rings.